The Labute approximate surface area is 582 Å². The largest absolute Gasteiger partial charge is 0.594 e. The molecule has 0 amide bonds. The molecule has 45 heteroatoms. The molecule has 620 valence electrons. The summed E-state index contributed by atoms with van der Waals surface area (Å²) in [7, 11) is -0.482. The molecule has 3 unspecified atom stereocenters. The van der Waals surface area contributed by atoms with Crippen molar-refractivity contribution < 1.29 is 200 Å². The second kappa shape index (κ2) is 36.5. The first-order valence-corrected chi connectivity index (χ1v) is 32.6. The van der Waals surface area contributed by atoms with Crippen LogP contribution < -0.4 is 0 Å². The van der Waals surface area contributed by atoms with Crippen LogP contribution in [0.2, 0.25) is 0 Å². The van der Waals surface area contributed by atoms with E-state index in [2.05, 4.69) is 9.47 Å². The number of aliphatic hydroxyl groups excluding tert-OH is 1. The lowest BCUT2D eigenvalue weighted by Gasteiger charge is -2.51. The van der Waals surface area contributed by atoms with Crippen LogP contribution in [0.3, 0.4) is 0 Å². The molecular weight excluding hydrogens is 1520 g/mol. The van der Waals surface area contributed by atoms with Gasteiger partial charge in [0, 0.05) is 20.6 Å². The van der Waals surface area contributed by atoms with Gasteiger partial charge in [-0.05, 0) is 121 Å². The summed E-state index contributed by atoms with van der Waals surface area (Å²) >= 11 is 0. The fraction of sp³-hybridized carbons (Fsp3) is 0.898. The Bertz CT molecular complexity index is 2690. The number of halogens is 26. The number of hydrogen-bond donors (Lipinski definition) is 4. The zero-order valence-electron chi connectivity index (χ0n) is 60.0. The Morgan fingerprint density at radius 3 is 1.05 bits per heavy atom. The van der Waals surface area contributed by atoms with Crippen LogP contribution in [-0.2, 0) is 65.7 Å². The van der Waals surface area contributed by atoms with Crippen LogP contribution in [0.4, 0.5) is 114 Å². The van der Waals surface area contributed by atoms with Gasteiger partial charge in [-0.25, -0.2) is 4.79 Å². The number of hydrogen-bond acceptors (Lipinski definition) is 18. The van der Waals surface area contributed by atoms with E-state index in [4.69, 9.17) is 37.7 Å². The van der Waals surface area contributed by atoms with Crippen LogP contribution in [-0.4, -0.2) is 195 Å². The normalized spacial score (nSPS) is 18.2. The van der Waals surface area contributed by atoms with Crippen molar-refractivity contribution in [1.82, 2.24) is 0 Å². The van der Waals surface area contributed by atoms with E-state index in [1.807, 2.05) is 20.8 Å². The zero-order valence-corrected chi connectivity index (χ0v) is 61.0. The lowest BCUT2D eigenvalue weighted by atomic mass is 9.78. The minimum atomic E-state index is -7.34. The summed E-state index contributed by atoms with van der Waals surface area (Å²) in [5, 5.41) is 36.8. The maximum Gasteiger partial charge on any atom is 0.594 e. The fourth-order valence-corrected chi connectivity index (χ4v) is 7.67. The molecule has 0 heterocycles. The third-order valence-electron chi connectivity index (χ3n) is 16.6. The van der Waals surface area contributed by atoms with Crippen LogP contribution in [0.1, 0.15) is 176 Å². The number of esters is 5. The second-order valence-corrected chi connectivity index (χ2v) is 29.5. The SMILES string of the molecule is CCC(C)(C)C(=O)OC(C(C)(O)C(F)(F)F)C(O)(C(F)(F)F)C(F)(F)F.CCC(C)(C)C(=O)OC1(F)C(F)(F)C(F)(F)C(F)(F)C(F)(F)C1(F)F.CCC(C)(C)C(=O)OCC(C)CC(O)(C(F)(F)F)C(F)(F)F.CCC(C)(C)C(=O)O[Si](CO)(OC)OC.CCCCOC(=O)COC(=O)C(C)(C)CC. The van der Waals surface area contributed by atoms with Crippen LogP contribution in [0.25, 0.3) is 0 Å². The van der Waals surface area contributed by atoms with Gasteiger partial charge in [0.15, 0.2) is 18.3 Å². The number of aliphatic hydroxyl groups is 4. The van der Waals surface area contributed by atoms with Crippen molar-refractivity contribution in [2.24, 2.45) is 33.0 Å². The Kier molecular flexibility index (Phi) is 36.9. The third kappa shape index (κ3) is 23.7. The van der Waals surface area contributed by atoms with Crippen molar-refractivity contribution in [1.29, 1.82) is 0 Å². The van der Waals surface area contributed by atoms with Gasteiger partial charge >= 0.3 is 111 Å². The summed E-state index contributed by atoms with van der Waals surface area (Å²) in [6, 6.07) is 0. The number of alkyl halides is 26. The molecule has 0 spiro atoms. The van der Waals surface area contributed by atoms with E-state index in [0.717, 1.165) is 54.4 Å². The van der Waals surface area contributed by atoms with E-state index >= 15 is 0 Å². The van der Waals surface area contributed by atoms with Crippen molar-refractivity contribution >= 4 is 44.6 Å². The highest BCUT2D eigenvalue weighted by molar-refractivity contribution is 6.62. The number of carbonyl (C=O) groups is 6. The zero-order chi connectivity index (χ0) is 84.8. The lowest BCUT2D eigenvalue weighted by molar-refractivity contribution is -0.518. The van der Waals surface area contributed by atoms with Gasteiger partial charge in [-0.2, -0.15) is 114 Å². The fourth-order valence-electron chi connectivity index (χ4n) is 6.46. The number of carbonyl (C=O) groups excluding carboxylic acids is 6. The molecule has 0 aromatic rings. The van der Waals surface area contributed by atoms with Gasteiger partial charge in [0.1, 0.15) is 6.23 Å². The molecule has 104 heavy (non-hydrogen) atoms. The molecule has 0 aromatic heterocycles. The maximum atomic E-state index is 14.1. The van der Waals surface area contributed by atoms with Gasteiger partial charge in [-0.15, -0.1) is 0 Å². The van der Waals surface area contributed by atoms with Crippen molar-refractivity contribution in [3.8, 4) is 0 Å². The lowest BCUT2D eigenvalue weighted by Crippen LogP contribution is -2.84. The quantitative estimate of drug-likeness (QED) is 0.0196. The average molecular weight is 1610 g/mol. The van der Waals surface area contributed by atoms with E-state index < -0.39 is 194 Å². The van der Waals surface area contributed by atoms with Gasteiger partial charge in [0.25, 0.3) is 11.2 Å². The first kappa shape index (κ1) is 105. The molecule has 1 saturated carbocycles. The maximum absolute atomic E-state index is 14.1. The summed E-state index contributed by atoms with van der Waals surface area (Å²) in [6.07, 6.45) is -35.0. The highest BCUT2D eigenvalue weighted by atomic mass is 28.4. The summed E-state index contributed by atoms with van der Waals surface area (Å²) in [5.74, 6) is -50.5. The van der Waals surface area contributed by atoms with E-state index in [0.29, 0.717) is 25.9 Å². The van der Waals surface area contributed by atoms with E-state index in [1.54, 1.807) is 48.5 Å². The van der Waals surface area contributed by atoms with Gasteiger partial charge < -0.3 is 57.4 Å². The molecule has 18 nitrogen and oxygen atoms in total. The van der Waals surface area contributed by atoms with Gasteiger partial charge in [-0.1, -0.05) is 54.9 Å². The standard InChI is InChI=1S/C13H17F9O4.C13H20F6O3.C12H11F11O2.C12H22O4.C9H20O5Si/c1-5-8(2,3)7(23)26-6(9(4,24)11(14,15)16)10(25,12(17,18)19)13(20,21)22;1-5-10(3,4)9(20)22-7-8(2)6-11(21,12(14,15)16)13(17,18)19;1-4-6(2,3)5(24)25-12(23)10(19,20)8(15,16)7(13,14)9(17,18)11(12,21)22;1-5-7-8-15-10(13)9-16-11(14)12(3,4)6-2;1-6-9(2,3)8(11)14-15(7-10,12-4)13-5/h6,24-25H,5H2,1-4H3;8,21H,5-7H2,1-4H3;4H2,1-3H3;5-9H2,1-4H3;10H,6-7H2,1-5H3. The second-order valence-electron chi connectivity index (χ2n) is 26.8. The molecule has 1 rings (SSSR count). The summed E-state index contributed by atoms with van der Waals surface area (Å²) in [6.45, 7) is 23.7. The van der Waals surface area contributed by atoms with E-state index in [1.165, 1.54) is 21.1 Å². The molecule has 3 atom stereocenters. The number of ether oxygens (including phenoxy) is 5. The molecule has 0 radical (unpaired) electrons. The molecular formula is C59H90F26O18Si. The van der Waals surface area contributed by atoms with Gasteiger partial charge in [0.05, 0.1) is 40.3 Å². The highest BCUT2D eigenvalue weighted by Gasteiger charge is 3.03. The first-order valence-electron chi connectivity index (χ1n) is 30.6. The van der Waals surface area contributed by atoms with Crippen LogP contribution in [0.15, 0.2) is 0 Å². The molecule has 0 saturated heterocycles. The molecule has 1 fully saturated rings. The Morgan fingerprint density at radius 1 is 0.433 bits per heavy atom. The predicted octanol–water partition coefficient (Wildman–Crippen LogP) is 15.2. The number of unbranched alkanes of at least 4 members (excludes halogenated alkanes) is 1. The summed E-state index contributed by atoms with van der Waals surface area (Å²) < 4.78 is 375. The number of rotatable bonds is 27. The summed E-state index contributed by atoms with van der Waals surface area (Å²) in [4.78, 5) is 69.4. The molecule has 0 aromatic carbocycles. The molecule has 0 bridgehead atoms. The molecule has 1 aliphatic carbocycles. The highest BCUT2D eigenvalue weighted by Crippen LogP contribution is 2.70. The van der Waals surface area contributed by atoms with Crippen LogP contribution >= 0.6 is 0 Å². The van der Waals surface area contributed by atoms with Crippen molar-refractivity contribution in [3.05, 3.63) is 0 Å². The third-order valence-corrected chi connectivity index (χ3v) is 18.7. The minimum Gasteiger partial charge on any atom is -0.472 e. The Hall–Kier alpha value is -5.02. The minimum absolute atomic E-state index is 0.233. The first-order chi connectivity index (χ1) is 45.6. The average Bonchev–Trinajstić information content (AvgIpc) is 0.663. The van der Waals surface area contributed by atoms with Crippen molar-refractivity contribution in [3.63, 3.8) is 0 Å². The van der Waals surface area contributed by atoms with E-state index in [9.17, 15) is 153 Å². The molecule has 0 aliphatic heterocycles. The van der Waals surface area contributed by atoms with Gasteiger partial charge in [-0.3, -0.25) is 24.0 Å². The van der Waals surface area contributed by atoms with E-state index in [-0.39, 0.29) is 19.0 Å². The molecule has 4 N–H and O–H groups in total. The monoisotopic (exact) mass is 1610 g/mol. The van der Waals surface area contributed by atoms with Crippen molar-refractivity contribution in [2.45, 2.75) is 265 Å². The van der Waals surface area contributed by atoms with Crippen molar-refractivity contribution in [2.75, 3.05) is 40.3 Å². The topological polar surface area (TPSA) is 257 Å². The van der Waals surface area contributed by atoms with Gasteiger partial charge in [0.2, 0.25) is 0 Å². The molecule has 1 aliphatic rings. The smallest absolute Gasteiger partial charge is 0.472 e. The summed E-state index contributed by atoms with van der Waals surface area (Å²) in [5.41, 5.74) is -21.7. The Balaban J connectivity index is -0.000000610. The predicted molar refractivity (Wildman–Crippen MR) is 310 cm³/mol. The van der Waals surface area contributed by atoms with Crippen LogP contribution in [0.5, 0.6) is 0 Å². The van der Waals surface area contributed by atoms with Crippen LogP contribution in [0, 0.1) is 33.0 Å². The Morgan fingerprint density at radius 2 is 0.750 bits per heavy atom.